The van der Waals surface area contributed by atoms with Crippen molar-refractivity contribution in [2.24, 2.45) is 0 Å². The van der Waals surface area contributed by atoms with E-state index in [0.29, 0.717) is 11.1 Å². The lowest BCUT2D eigenvalue weighted by atomic mass is 10.0. The first-order valence-corrected chi connectivity index (χ1v) is 18.3. The van der Waals surface area contributed by atoms with Crippen molar-refractivity contribution >= 4 is 65.4 Å². The zero-order chi connectivity index (χ0) is 36.6. The van der Waals surface area contributed by atoms with Gasteiger partial charge in [0.1, 0.15) is 6.07 Å². The molecule has 0 atom stereocenters. The van der Waals surface area contributed by atoms with E-state index in [-0.39, 0.29) is 0 Å². The topological polar surface area (TPSA) is 62.4 Å². The summed E-state index contributed by atoms with van der Waals surface area (Å²) in [6.07, 6.45) is 0. The van der Waals surface area contributed by atoms with Gasteiger partial charge in [0, 0.05) is 38.0 Å². The summed E-state index contributed by atoms with van der Waals surface area (Å²) in [7, 11) is 0. The van der Waals surface area contributed by atoms with Gasteiger partial charge in [0.25, 0.3) is 0 Å². The van der Waals surface area contributed by atoms with Crippen molar-refractivity contribution in [1.29, 1.82) is 10.5 Å². The molecule has 3 aromatic heterocycles. The second kappa shape index (κ2) is 11.8. The maximum absolute atomic E-state index is 10.6. The van der Waals surface area contributed by atoms with Crippen LogP contribution in [0.25, 0.3) is 93.6 Å². The molecule has 254 valence electrons. The second-order valence-corrected chi connectivity index (χ2v) is 14.0. The van der Waals surface area contributed by atoms with Gasteiger partial charge in [0.05, 0.1) is 61.7 Å². The molecule has 0 saturated heterocycles. The van der Waals surface area contributed by atoms with E-state index in [1.165, 1.54) is 0 Å². The van der Waals surface area contributed by atoms with E-state index in [9.17, 15) is 10.5 Å². The maximum atomic E-state index is 10.6. The zero-order valence-corrected chi connectivity index (χ0v) is 29.5. The monoisotopic (exact) mass is 699 g/mol. The van der Waals surface area contributed by atoms with Gasteiger partial charge in [-0.1, -0.05) is 109 Å². The van der Waals surface area contributed by atoms with Crippen molar-refractivity contribution < 1.29 is 0 Å². The van der Waals surface area contributed by atoms with Gasteiger partial charge >= 0.3 is 0 Å². The van der Waals surface area contributed by atoms with Crippen LogP contribution < -0.4 is 0 Å². The SMILES string of the molecule is N#Cc1cc(-n2c3ccccc3c3ccccc32)c2c(c1)c1ccccc1n2-c1cccc(-c2ccc(-n3c4ccccc4c4ccccc43)c(C#N)c2)c1. The third-order valence-corrected chi connectivity index (χ3v) is 11.1. The second-order valence-electron chi connectivity index (χ2n) is 14.0. The molecule has 0 amide bonds. The molecule has 0 unspecified atom stereocenters. The molecule has 0 radical (unpaired) electrons. The number of hydrogen-bond acceptors (Lipinski definition) is 2. The molecule has 0 fully saturated rings. The third-order valence-electron chi connectivity index (χ3n) is 11.1. The summed E-state index contributed by atoms with van der Waals surface area (Å²) in [5, 5.41) is 27.7. The number of para-hydroxylation sites is 5. The van der Waals surface area contributed by atoms with Crippen LogP contribution in [0.4, 0.5) is 0 Å². The van der Waals surface area contributed by atoms with Gasteiger partial charge in [-0.15, -0.1) is 0 Å². The number of fused-ring (bicyclic) bond motifs is 9. The molecular weight excluding hydrogens is 671 g/mol. The molecule has 0 N–H and O–H groups in total. The largest absolute Gasteiger partial charge is 0.308 e. The number of aromatic nitrogens is 3. The van der Waals surface area contributed by atoms with E-state index in [1.54, 1.807) is 0 Å². The highest BCUT2D eigenvalue weighted by Gasteiger charge is 2.22. The Hall–Kier alpha value is -7.86. The van der Waals surface area contributed by atoms with Crippen LogP contribution in [0.5, 0.6) is 0 Å². The van der Waals surface area contributed by atoms with Gasteiger partial charge in [-0.25, -0.2) is 0 Å². The highest BCUT2D eigenvalue weighted by molar-refractivity contribution is 6.15. The minimum absolute atomic E-state index is 0.601. The highest BCUT2D eigenvalue weighted by Crippen LogP contribution is 2.41. The Bertz CT molecular complexity index is 3360. The first kappa shape index (κ1) is 30.7. The summed E-state index contributed by atoms with van der Waals surface area (Å²) < 4.78 is 6.83. The fourth-order valence-electron chi connectivity index (χ4n) is 8.77. The van der Waals surface area contributed by atoms with E-state index in [2.05, 4.69) is 171 Å². The fraction of sp³-hybridized carbons (Fsp3) is 0. The summed E-state index contributed by atoms with van der Waals surface area (Å²) in [5.41, 5.74) is 12.3. The molecule has 0 bridgehead atoms. The van der Waals surface area contributed by atoms with Crippen molar-refractivity contribution in [3.63, 3.8) is 0 Å². The Labute approximate surface area is 316 Å². The molecule has 5 nitrogen and oxygen atoms in total. The molecule has 0 spiro atoms. The summed E-state index contributed by atoms with van der Waals surface area (Å²) in [4.78, 5) is 0. The molecule has 8 aromatic carbocycles. The van der Waals surface area contributed by atoms with Crippen LogP contribution in [-0.2, 0) is 0 Å². The van der Waals surface area contributed by atoms with Crippen molar-refractivity contribution in [2.45, 2.75) is 0 Å². The predicted octanol–water partition coefficient (Wildman–Crippen LogP) is 12.4. The lowest BCUT2D eigenvalue weighted by Crippen LogP contribution is -2.02. The Morgan fingerprint density at radius 3 is 1.35 bits per heavy atom. The molecule has 11 aromatic rings. The fourth-order valence-corrected chi connectivity index (χ4v) is 8.77. The minimum atomic E-state index is 0.601. The Morgan fingerprint density at radius 1 is 0.345 bits per heavy atom. The van der Waals surface area contributed by atoms with Gasteiger partial charge in [-0.3, -0.25) is 0 Å². The maximum Gasteiger partial charge on any atom is 0.101 e. The molecule has 55 heavy (non-hydrogen) atoms. The van der Waals surface area contributed by atoms with E-state index in [1.807, 2.05) is 30.3 Å². The number of hydrogen-bond donors (Lipinski definition) is 0. The Balaban J connectivity index is 1.15. The van der Waals surface area contributed by atoms with Crippen LogP contribution in [-0.4, -0.2) is 13.7 Å². The summed E-state index contributed by atoms with van der Waals surface area (Å²) >= 11 is 0. The number of rotatable bonds is 4. The Kier molecular flexibility index (Phi) is 6.61. The van der Waals surface area contributed by atoms with Crippen LogP contribution >= 0.6 is 0 Å². The average molecular weight is 700 g/mol. The molecule has 11 rings (SSSR count). The lowest BCUT2D eigenvalue weighted by Gasteiger charge is -2.16. The van der Waals surface area contributed by atoms with E-state index < -0.39 is 0 Å². The lowest BCUT2D eigenvalue weighted by molar-refractivity contribution is 1.13. The van der Waals surface area contributed by atoms with E-state index >= 15 is 0 Å². The van der Waals surface area contributed by atoms with Gasteiger partial charge < -0.3 is 13.7 Å². The molecule has 0 aliphatic carbocycles. The van der Waals surface area contributed by atoms with Crippen LogP contribution in [0, 0.1) is 22.7 Å². The van der Waals surface area contributed by atoms with Crippen molar-refractivity contribution in [3.05, 3.63) is 187 Å². The van der Waals surface area contributed by atoms with Gasteiger partial charge in [-0.05, 0) is 77.9 Å². The molecule has 0 saturated carbocycles. The van der Waals surface area contributed by atoms with Crippen molar-refractivity contribution in [2.75, 3.05) is 0 Å². The zero-order valence-electron chi connectivity index (χ0n) is 29.5. The molecule has 0 aliphatic rings. The molecule has 5 heteroatoms. The minimum Gasteiger partial charge on any atom is -0.308 e. The molecule has 3 heterocycles. The van der Waals surface area contributed by atoms with E-state index in [4.69, 9.17) is 0 Å². The van der Waals surface area contributed by atoms with Gasteiger partial charge in [-0.2, -0.15) is 10.5 Å². The van der Waals surface area contributed by atoms with Gasteiger partial charge in [0.2, 0.25) is 0 Å². The van der Waals surface area contributed by atoms with Gasteiger partial charge in [0.15, 0.2) is 0 Å². The van der Waals surface area contributed by atoms with Crippen LogP contribution in [0.1, 0.15) is 11.1 Å². The molecular formula is C50H29N5. The van der Waals surface area contributed by atoms with Crippen molar-refractivity contribution in [3.8, 4) is 40.3 Å². The first-order chi connectivity index (χ1) is 27.2. The summed E-state index contributed by atoms with van der Waals surface area (Å²) in [6.45, 7) is 0. The highest BCUT2D eigenvalue weighted by atomic mass is 15.1. The smallest absolute Gasteiger partial charge is 0.101 e. The molecule has 0 aliphatic heterocycles. The van der Waals surface area contributed by atoms with Crippen LogP contribution in [0.2, 0.25) is 0 Å². The normalized spacial score (nSPS) is 11.6. The number of nitriles is 2. The average Bonchev–Trinajstić information content (AvgIpc) is 3.89. The predicted molar refractivity (Wildman–Crippen MR) is 224 cm³/mol. The quantitative estimate of drug-likeness (QED) is 0.184. The summed E-state index contributed by atoms with van der Waals surface area (Å²) in [5.74, 6) is 0. The summed E-state index contributed by atoms with van der Waals surface area (Å²) in [6, 6.07) is 65.9. The Morgan fingerprint density at radius 2 is 0.818 bits per heavy atom. The standard InChI is InChI=1S/C50H29N5/c51-30-32-26-42-41-18-5-6-19-44(41)53(50(42)49(27-32)55-47-22-9-3-16-39(47)40-17-4-10-23-48(40)55)36-13-11-12-33(29-36)34-24-25-43(35(28-34)31-52)54-45-20-7-1-14-37(45)38-15-2-8-21-46(38)54/h1-29H. The number of nitrogens with zero attached hydrogens (tertiary/aromatic N) is 5. The first-order valence-electron chi connectivity index (χ1n) is 18.3. The number of benzene rings is 8. The van der Waals surface area contributed by atoms with Crippen LogP contribution in [0.15, 0.2) is 176 Å². The van der Waals surface area contributed by atoms with Crippen LogP contribution in [0.3, 0.4) is 0 Å². The third kappa shape index (κ3) is 4.45. The van der Waals surface area contributed by atoms with Crippen molar-refractivity contribution in [1.82, 2.24) is 13.7 Å². The van der Waals surface area contributed by atoms with E-state index in [0.717, 1.165) is 93.6 Å².